The average molecular weight is 636 g/mol. The number of aliphatic hydroxyl groups is 1. The first kappa shape index (κ1) is 35.4. The Morgan fingerprint density at radius 1 is 1.02 bits per heavy atom. The highest BCUT2D eigenvalue weighted by Crippen LogP contribution is 2.38. The molecule has 0 saturated carbocycles. The summed E-state index contributed by atoms with van der Waals surface area (Å²) in [6, 6.07) is 0.271. The second kappa shape index (κ2) is 18.7. The smallest absolute Gasteiger partial charge is 0.315 e. The molecule has 2 aliphatic heterocycles. The number of carbonyl (C=O) groups is 2. The zero-order valence-corrected chi connectivity index (χ0v) is 25.0. The molecular formula is C21H39N3O13P2S-2. The van der Waals surface area contributed by atoms with Crippen LogP contribution in [-0.2, 0) is 41.5 Å². The van der Waals surface area contributed by atoms with Crippen molar-refractivity contribution in [3.8, 4) is 0 Å². The molecule has 6 unspecified atom stereocenters. The molecule has 4 N–H and O–H groups in total. The molecular weight excluding hydrogens is 596 g/mol. The van der Waals surface area contributed by atoms with E-state index in [1.807, 2.05) is 11.8 Å². The lowest BCUT2D eigenvalue weighted by Crippen LogP contribution is -2.36. The fourth-order valence-electron chi connectivity index (χ4n) is 3.82. The number of phosphoric acid groups is 2. The Morgan fingerprint density at radius 3 is 2.48 bits per heavy atom. The molecule has 0 aromatic heterocycles. The predicted molar refractivity (Wildman–Crippen MR) is 139 cm³/mol. The maximum atomic E-state index is 12.0. The van der Waals surface area contributed by atoms with Crippen LogP contribution in [0.3, 0.4) is 0 Å². The molecule has 2 aliphatic rings. The summed E-state index contributed by atoms with van der Waals surface area (Å²) >= 11 is 1.85. The summed E-state index contributed by atoms with van der Waals surface area (Å²) in [4.78, 5) is 46.0. The monoisotopic (exact) mass is 635 g/mol. The molecule has 0 spiro atoms. The van der Waals surface area contributed by atoms with E-state index >= 15 is 0 Å². The van der Waals surface area contributed by atoms with Gasteiger partial charge >= 0.3 is 6.03 Å². The van der Waals surface area contributed by atoms with Crippen molar-refractivity contribution in [1.29, 1.82) is 0 Å². The number of unbranched alkanes of at least 4 members (excludes halogenated alkanes) is 1. The average Bonchev–Trinajstić information content (AvgIpc) is 3.46. The number of hydrogen-bond donors (Lipinski definition) is 4. The third-order valence-corrected chi connectivity index (χ3v) is 9.20. The summed E-state index contributed by atoms with van der Waals surface area (Å²) in [6.45, 7) is -1.06. The van der Waals surface area contributed by atoms with Crippen LogP contribution in [0.4, 0.5) is 4.79 Å². The van der Waals surface area contributed by atoms with Crippen LogP contribution in [0.25, 0.3) is 0 Å². The third-order valence-electron chi connectivity index (χ3n) is 5.78. The molecule has 19 heteroatoms. The first-order valence-electron chi connectivity index (χ1n) is 12.9. The number of aliphatic hydroxyl groups excluding tert-OH is 1. The van der Waals surface area contributed by atoms with Gasteiger partial charge in [0.05, 0.1) is 51.7 Å². The van der Waals surface area contributed by atoms with Crippen molar-refractivity contribution in [3.63, 3.8) is 0 Å². The lowest BCUT2D eigenvalue weighted by molar-refractivity contribution is -0.228. The Balaban J connectivity index is 1.38. The molecule has 6 atom stereocenters. The van der Waals surface area contributed by atoms with Gasteiger partial charge in [-0.3, -0.25) is 13.9 Å². The van der Waals surface area contributed by atoms with Crippen molar-refractivity contribution >= 4 is 39.3 Å². The molecule has 0 radical (unpaired) electrons. The van der Waals surface area contributed by atoms with Crippen LogP contribution in [0.15, 0.2) is 0 Å². The van der Waals surface area contributed by atoms with Gasteiger partial charge in [0.25, 0.3) is 15.6 Å². The second-order valence-corrected chi connectivity index (χ2v) is 13.2. The fraction of sp³-hybridized carbons (Fsp3) is 0.905. The van der Waals surface area contributed by atoms with E-state index in [9.17, 15) is 33.6 Å². The summed E-state index contributed by atoms with van der Waals surface area (Å²) < 4.78 is 50.5. The minimum absolute atomic E-state index is 0.0504. The van der Waals surface area contributed by atoms with Gasteiger partial charge in [-0.15, -0.1) is 0 Å². The minimum Gasteiger partial charge on any atom is -0.756 e. The van der Waals surface area contributed by atoms with Gasteiger partial charge in [-0.1, -0.05) is 6.42 Å². The topological polar surface area (TPSA) is 226 Å². The van der Waals surface area contributed by atoms with Gasteiger partial charge in [-0.25, -0.2) is 4.79 Å². The number of urea groups is 1. The SMILES string of the molecule is COP(=O)([O-])OCCOCCOP(=O)([O-])OCC(O)COCCCNC(=O)CCCCC1SCC2NC(=O)NC21. The van der Waals surface area contributed by atoms with Gasteiger partial charge in [-0.05, 0) is 19.3 Å². The second-order valence-electron chi connectivity index (χ2n) is 8.95. The first-order valence-corrected chi connectivity index (χ1v) is 16.9. The van der Waals surface area contributed by atoms with E-state index in [0.29, 0.717) is 24.6 Å². The molecule has 234 valence electrons. The first-order chi connectivity index (χ1) is 19.0. The van der Waals surface area contributed by atoms with Crippen molar-refractivity contribution in [3.05, 3.63) is 0 Å². The minimum atomic E-state index is -4.68. The van der Waals surface area contributed by atoms with Crippen molar-refractivity contribution in [2.75, 3.05) is 65.7 Å². The number of nitrogens with one attached hydrogen (secondary N) is 3. The van der Waals surface area contributed by atoms with E-state index in [1.165, 1.54) is 0 Å². The Bertz CT molecular complexity index is 874. The van der Waals surface area contributed by atoms with Crippen molar-refractivity contribution < 1.29 is 61.2 Å². The number of fused-ring (bicyclic) bond motifs is 1. The lowest BCUT2D eigenvalue weighted by atomic mass is 10.0. The normalized spacial score (nSPS) is 24.0. The zero-order valence-electron chi connectivity index (χ0n) is 22.4. The van der Waals surface area contributed by atoms with Gasteiger partial charge in [0, 0.05) is 37.7 Å². The Morgan fingerprint density at radius 2 is 1.75 bits per heavy atom. The number of amides is 3. The highest BCUT2D eigenvalue weighted by molar-refractivity contribution is 8.00. The summed E-state index contributed by atoms with van der Waals surface area (Å²) in [5, 5.41) is 18.9. The highest BCUT2D eigenvalue weighted by Gasteiger charge is 2.42. The molecule has 0 aliphatic carbocycles. The zero-order chi connectivity index (χ0) is 29.4. The standard InChI is InChI=1S/C21H41N3O13P2S/c1-32-38(28,29)35-11-9-33-10-12-36-39(30,31)37-14-16(25)13-34-8-4-7-22-19(26)6-3-2-5-18-20-17(15-40-18)23-21(27)24-20/h16-18,20,25H,2-15H2,1H3,(H,22,26)(H,28,29)(H,30,31)(H2,23,24,27)/p-2. The van der Waals surface area contributed by atoms with E-state index in [0.717, 1.165) is 32.1 Å². The van der Waals surface area contributed by atoms with Gasteiger partial charge < -0.3 is 58.4 Å². The van der Waals surface area contributed by atoms with Crippen LogP contribution in [-0.4, -0.2) is 106 Å². The van der Waals surface area contributed by atoms with Crippen LogP contribution < -0.4 is 25.7 Å². The molecule has 0 bridgehead atoms. The van der Waals surface area contributed by atoms with Crippen LogP contribution in [0.2, 0.25) is 0 Å². The number of hydrogen-bond acceptors (Lipinski definition) is 14. The van der Waals surface area contributed by atoms with Gasteiger partial charge in [-0.2, -0.15) is 11.8 Å². The molecule has 2 fully saturated rings. The third kappa shape index (κ3) is 14.9. The van der Waals surface area contributed by atoms with Crippen LogP contribution in [0, 0.1) is 0 Å². The van der Waals surface area contributed by atoms with Crippen LogP contribution in [0.5, 0.6) is 0 Å². The highest BCUT2D eigenvalue weighted by atomic mass is 32.2. The van der Waals surface area contributed by atoms with E-state index in [1.54, 1.807) is 0 Å². The molecule has 0 aromatic carbocycles. The van der Waals surface area contributed by atoms with Crippen molar-refractivity contribution in [2.45, 2.75) is 55.5 Å². The summed E-state index contributed by atoms with van der Waals surface area (Å²) in [5.41, 5.74) is 0. The predicted octanol–water partition coefficient (Wildman–Crippen LogP) is -0.754. The summed E-state index contributed by atoms with van der Waals surface area (Å²) in [6.07, 6.45) is 2.34. The maximum absolute atomic E-state index is 12.0. The number of phosphoric ester groups is 2. The summed E-state index contributed by atoms with van der Waals surface area (Å²) in [7, 11) is -8.07. The van der Waals surface area contributed by atoms with Gasteiger partial charge in [0.2, 0.25) is 5.91 Å². The molecule has 40 heavy (non-hydrogen) atoms. The van der Waals surface area contributed by atoms with Gasteiger partial charge in [0.15, 0.2) is 0 Å². The van der Waals surface area contributed by atoms with Crippen LogP contribution >= 0.6 is 27.4 Å². The lowest BCUT2D eigenvalue weighted by Gasteiger charge is -2.24. The maximum Gasteiger partial charge on any atom is 0.315 e. The van der Waals surface area contributed by atoms with Crippen molar-refractivity contribution in [1.82, 2.24) is 16.0 Å². The Labute approximate surface area is 237 Å². The Kier molecular flexibility index (Phi) is 16.5. The fourth-order valence-corrected chi connectivity index (χ4v) is 6.49. The molecule has 2 rings (SSSR count). The van der Waals surface area contributed by atoms with Crippen LogP contribution in [0.1, 0.15) is 32.1 Å². The summed E-state index contributed by atoms with van der Waals surface area (Å²) in [5.74, 6) is 0.864. The molecule has 3 amide bonds. The van der Waals surface area contributed by atoms with Gasteiger partial charge in [0.1, 0.15) is 6.10 Å². The number of carbonyl (C=O) groups excluding carboxylic acids is 2. The van der Waals surface area contributed by atoms with E-state index in [2.05, 4.69) is 34.0 Å². The Hall–Kier alpha value is -0.810. The quantitative estimate of drug-likeness (QED) is 0.0616. The van der Waals surface area contributed by atoms with Crippen molar-refractivity contribution in [2.24, 2.45) is 0 Å². The van der Waals surface area contributed by atoms with E-state index in [-0.39, 0.29) is 63.7 Å². The largest absolute Gasteiger partial charge is 0.756 e. The molecule has 2 saturated heterocycles. The number of thioether (sulfide) groups is 1. The molecule has 16 nitrogen and oxygen atoms in total. The molecule has 2 heterocycles. The number of ether oxygens (including phenoxy) is 2. The number of rotatable bonds is 23. The van der Waals surface area contributed by atoms with E-state index in [4.69, 9.17) is 9.47 Å². The van der Waals surface area contributed by atoms with E-state index < -0.39 is 28.4 Å². The molecule has 0 aromatic rings.